The molecule has 54 heavy (non-hydrogen) atoms. The zero-order valence-corrected chi connectivity index (χ0v) is 36.0. The van der Waals surface area contributed by atoms with E-state index in [0.717, 1.165) is 51.4 Å². The number of hydrogen-bond donors (Lipinski definition) is 1. The lowest BCUT2D eigenvalue weighted by atomic mass is 10.1. The third-order valence-electron chi connectivity index (χ3n) is 10.1. The monoisotopic (exact) mass is 755 g/mol. The van der Waals surface area contributed by atoms with Crippen molar-refractivity contribution in [3.05, 3.63) is 60.8 Å². The largest absolute Gasteiger partial charge is 0.457 e. The van der Waals surface area contributed by atoms with Crippen molar-refractivity contribution >= 4 is 5.97 Å². The van der Waals surface area contributed by atoms with E-state index in [1.165, 1.54) is 154 Å². The van der Waals surface area contributed by atoms with E-state index >= 15 is 0 Å². The molecular weight excluding hydrogens is 665 g/mol. The van der Waals surface area contributed by atoms with Gasteiger partial charge in [0.2, 0.25) is 0 Å². The number of ether oxygens (including phenoxy) is 2. The minimum Gasteiger partial charge on any atom is -0.457 e. The standard InChI is InChI=1S/C50H90O4/c1-3-5-7-9-11-13-15-17-19-21-22-23-24-25-26-27-28-29-30-32-34-36-38-40-42-44-46-53-48-49(47-51)54-50(52)45-43-41-39-37-35-33-31-20-18-16-14-12-10-8-6-4-2/h14-17,20-22,24-25,31,49,51H,3-13,18-19,23,26-30,32-48H2,1-2H3/b16-14-,17-15-,22-21-,25-24-,31-20-. The Morgan fingerprint density at radius 1 is 0.444 bits per heavy atom. The molecule has 314 valence electrons. The van der Waals surface area contributed by atoms with Crippen LogP contribution in [0.2, 0.25) is 0 Å². The SMILES string of the molecule is CCCCCC/C=C\C/C=C\CCCCCCCC(=O)OC(CO)COCCCCCCCCCCCCC/C=C\C/C=C\C/C=C\CCCCCCC. The molecule has 1 N–H and O–H groups in total. The van der Waals surface area contributed by atoms with Gasteiger partial charge in [0.05, 0.1) is 13.2 Å². The van der Waals surface area contributed by atoms with E-state index in [9.17, 15) is 9.90 Å². The Hall–Kier alpha value is -1.91. The van der Waals surface area contributed by atoms with Gasteiger partial charge in [-0.3, -0.25) is 4.79 Å². The fraction of sp³-hybridized carbons (Fsp3) is 0.780. The lowest BCUT2D eigenvalue weighted by Gasteiger charge is -2.15. The van der Waals surface area contributed by atoms with E-state index in [2.05, 4.69) is 74.6 Å². The third kappa shape index (κ3) is 44.5. The summed E-state index contributed by atoms with van der Waals surface area (Å²) >= 11 is 0. The van der Waals surface area contributed by atoms with Gasteiger partial charge in [-0.25, -0.2) is 0 Å². The van der Waals surface area contributed by atoms with Gasteiger partial charge in [-0.2, -0.15) is 0 Å². The van der Waals surface area contributed by atoms with Crippen molar-refractivity contribution in [3.8, 4) is 0 Å². The Kier molecular flexibility index (Phi) is 45.6. The summed E-state index contributed by atoms with van der Waals surface area (Å²) in [5.41, 5.74) is 0. The second-order valence-corrected chi connectivity index (χ2v) is 15.5. The molecule has 1 unspecified atom stereocenters. The fourth-order valence-corrected chi connectivity index (χ4v) is 6.54. The van der Waals surface area contributed by atoms with Crippen LogP contribution in [0, 0.1) is 0 Å². The summed E-state index contributed by atoms with van der Waals surface area (Å²) in [7, 11) is 0. The summed E-state index contributed by atoms with van der Waals surface area (Å²) in [6, 6.07) is 0. The molecule has 0 aliphatic heterocycles. The topological polar surface area (TPSA) is 55.8 Å². The quantitative estimate of drug-likeness (QED) is 0.0383. The van der Waals surface area contributed by atoms with Crippen LogP contribution in [0.25, 0.3) is 0 Å². The number of rotatable bonds is 43. The lowest BCUT2D eigenvalue weighted by molar-refractivity contribution is -0.154. The van der Waals surface area contributed by atoms with Gasteiger partial charge in [-0.1, -0.05) is 197 Å². The number of hydrogen-bond acceptors (Lipinski definition) is 4. The first-order valence-electron chi connectivity index (χ1n) is 23.4. The molecule has 0 aliphatic carbocycles. The molecule has 0 aromatic rings. The number of unbranched alkanes of at least 4 members (excludes halogenated alkanes) is 25. The fourth-order valence-electron chi connectivity index (χ4n) is 6.54. The zero-order valence-electron chi connectivity index (χ0n) is 36.0. The molecule has 0 spiro atoms. The third-order valence-corrected chi connectivity index (χ3v) is 10.1. The van der Waals surface area contributed by atoms with Crippen molar-refractivity contribution in [1.82, 2.24) is 0 Å². The smallest absolute Gasteiger partial charge is 0.306 e. The molecule has 0 saturated carbocycles. The van der Waals surface area contributed by atoms with E-state index in [1.807, 2.05) is 0 Å². The summed E-state index contributed by atoms with van der Waals surface area (Å²) < 4.78 is 11.2. The number of carbonyl (C=O) groups excluding carboxylic acids is 1. The van der Waals surface area contributed by atoms with Crippen LogP contribution in [0.1, 0.15) is 226 Å². The lowest BCUT2D eigenvalue weighted by Crippen LogP contribution is -2.27. The second-order valence-electron chi connectivity index (χ2n) is 15.5. The van der Waals surface area contributed by atoms with E-state index < -0.39 is 6.10 Å². The summed E-state index contributed by atoms with van der Waals surface area (Å²) in [6.45, 7) is 5.30. The van der Waals surface area contributed by atoms with Gasteiger partial charge >= 0.3 is 5.97 Å². The maximum Gasteiger partial charge on any atom is 0.306 e. The molecule has 0 fully saturated rings. The zero-order chi connectivity index (χ0) is 39.1. The maximum absolute atomic E-state index is 12.2. The molecule has 0 rings (SSSR count). The summed E-state index contributed by atoms with van der Waals surface area (Å²) in [6.07, 6.45) is 62.9. The molecule has 0 saturated heterocycles. The van der Waals surface area contributed by atoms with Gasteiger partial charge in [0.15, 0.2) is 0 Å². The van der Waals surface area contributed by atoms with Gasteiger partial charge in [0, 0.05) is 13.0 Å². The van der Waals surface area contributed by atoms with Crippen LogP contribution in [0.15, 0.2) is 60.8 Å². The number of aliphatic hydroxyl groups is 1. The van der Waals surface area contributed by atoms with Crippen molar-refractivity contribution in [2.24, 2.45) is 0 Å². The molecular formula is C50H90O4. The highest BCUT2D eigenvalue weighted by Gasteiger charge is 2.13. The molecule has 1 atom stereocenters. The van der Waals surface area contributed by atoms with E-state index in [1.54, 1.807) is 0 Å². The highest BCUT2D eigenvalue weighted by molar-refractivity contribution is 5.69. The summed E-state index contributed by atoms with van der Waals surface area (Å²) in [5.74, 6) is -0.215. The van der Waals surface area contributed by atoms with E-state index in [4.69, 9.17) is 9.47 Å². The summed E-state index contributed by atoms with van der Waals surface area (Å²) in [4.78, 5) is 12.2. The molecule has 0 bridgehead atoms. The number of esters is 1. The predicted octanol–water partition coefficient (Wildman–Crippen LogP) is 15.6. The average Bonchev–Trinajstić information content (AvgIpc) is 3.18. The van der Waals surface area contributed by atoms with Crippen LogP contribution < -0.4 is 0 Å². The minimum absolute atomic E-state index is 0.180. The van der Waals surface area contributed by atoms with Crippen molar-refractivity contribution in [2.75, 3.05) is 19.8 Å². The van der Waals surface area contributed by atoms with Crippen molar-refractivity contribution < 1.29 is 19.4 Å². The Balaban J connectivity index is 3.45. The van der Waals surface area contributed by atoms with Crippen LogP contribution in [-0.4, -0.2) is 37.0 Å². The van der Waals surface area contributed by atoms with Gasteiger partial charge in [-0.15, -0.1) is 0 Å². The van der Waals surface area contributed by atoms with Crippen molar-refractivity contribution in [2.45, 2.75) is 232 Å². The maximum atomic E-state index is 12.2. The normalized spacial score (nSPS) is 12.9. The van der Waals surface area contributed by atoms with Crippen molar-refractivity contribution in [3.63, 3.8) is 0 Å². The molecule has 0 heterocycles. The summed E-state index contributed by atoms with van der Waals surface area (Å²) in [5, 5.41) is 9.62. The Bertz CT molecular complexity index is 885. The molecule has 0 aliphatic rings. The number of carbonyl (C=O) groups is 1. The van der Waals surface area contributed by atoms with Crippen molar-refractivity contribution in [1.29, 1.82) is 0 Å². The first-order chi connectivity index (χ1) is 26.7. The second kappa shape index (κ2) is 47.2. The van der Waals surface area contributed by atoms with Crippen LogP contribution >= 0.6 is 0 Å². The Morgan fingerprint density at radius 3 is 1.19 bits per heavy atom. The number of aliphatic hydroxyl groups excluding tert-OH is 1. The molecule has 0 radical (unpaired) electrons. The Labute approximate surface area is 336 Å². The first kappa shape index (κ1) is 52.1. The predicted molar refractivity (Wildman–Crippen MR) is 237 cm³/mol. The van der Waals surface area contributed by atoms with Crippen LogP contribution in [-0.2, 0) is 14.3 Å². The van der Waals surface area contributed by atoms with Crippen LogP contribution in [0.3, 0.4) is 0 Å². The average molecular weight is 755 g/mol. The van der Waals surface area contributed by atoms with Gasteiger partial charge in [-0.05, 0) is 83.5 Å². The van der Waals surface area contributed by atoms with Gasteiger partial charge < -0.3 is 14.6 Å². The highest BCUT2D eigenvalue weighted by Crippen LogP contribution is 2.13. The van der Waals surface area contributed by atoms with E-state index in [-0.39, 0.29) is 19.2 Å². The molecule has 0 aromatic heterocycles. The van der Waals surface area contributed by atoms with Gasteiger partial charge in [0.25, 0.3) is 0 Å². The first-order valence-corrected chi connectivity index (χ1v) is 23.4. The molecule has 4 nitrogen and oxygen atoms in total. The molecule has 4 heteroatoms. The Morgan fingerprint density at radius 2 is 0.778 bits per heavy atom. The van der Waals surface area contributed by atoms with E-state index in [0.29, 0.717) is 13.0 Å². The highest BCUT2D eigenvalue weighted by atomic mass is 16.6. The minimum atomic E-state index is -0.545. The molecule has 0 amide bonds. The van der Waals surface area contributed by atoms with Crippen LogP contribution in [0.5, 0.6) is 0 Å². The molecule has 0 aromatic carbocycles. The van der Waals surface area contributed by atoms with Crippen LogP contribution in [0.4, 0.5) is 0 Å². The number of allylic oxidation sites excluding steroid dienone is 10. The van der Waals surface area contributed by atoms with Gasteiger partial charge in [0.1, 0.15) is 6.10 Å².